The average molecular weight is 623 g/mol. The molecule has 1 saturated heterocycles. The molecule has 5 rings (SSSR count). The van der Waals surface area contributed by atoms with E-state index in [1.54, 1.807) is 19.4 Å². The number of hydrogen-bond donors (Lipinski definition) is 2. The van der Waals surface area contributed by atoms with Crippen LogP contribution in [0.2, 0.25) is 10.0 Å². The van der Waals surface area contributed by atoms with E-state index in [9.17, 15) is 4.79 Å². The van der Waals surface area contributed by atoms with Crippen molar-refractivity contribution >= 4 is 57.8 Å². The molecule has 10 heteroatoms. The number of anilines is 2. The molecule has 0 unspecified atom stereocenters. The number of nitrogens with zero attached hydrogens (tertiary/aromatic N) is 3. The number of thiocarbonyl (C=S) groups is 1. The molecule has 1 amide bonds. The van der Waals surface area contributed by atoms with Crippen LogP contribution in [0.5, 0.6) is 5.75 Å². The van der Waals surface area contributed by atoms with Crippen molar-refractivity contribution in [1.29, 1.82) is 0 Å². The van der Waals surface area contributed by atoms with Gasteiger partial charge in [0.25, 0.3) is 0 Å². The van der Waals surface area contributed by atoms with Gasteiger partial charge >= 0.3 is 0 Å². The predicted octanol–water partition coefficient (Wildman–Crippen LogP) is 7.97. The van der Waals surface area contributed by atoms with E-state index in [1.165, 1.54) is 0 Å². The molecule has 7 nitrogen and oxygen atoms in total. The van der Waals surface area contributed by atoms with Gasteiger partial charge < -0.3 is 24.8 Å². The lowest BCUT2D eigenvalue weighted by molar-refractivity contribution is -0.123. The van der Waals surface area contributed by atoms with E-state index in [-0.39, 0.29) is 18.0 Å². The van der Waals surface area contributed by atoms with Crippen LogP contribution < -0.4 is 20.3 Å². The van der Waals surface area contributed by atoms with Crippen LogP contribution in [-0.2, 0) is 4.79 Å². The Morgan fingerprint density at radius 3 is 2.48 bits per heavy atom. The summed E-state index contributed by atoms with van der Waals surface area (Å²) in [5.41, 5.74) is 5.65. The van der Waals surface area contributed by atoms with E-state index < -0.39 is 5.41 Å². The molecule has 0 spiro atoms. The van der Waals surface area contributed by atoms with Crippen molar-refractivity contribution in [3.63, 3.8) is 0 Å². The van der Waals surface area contributed by atoms with Crippen LogP contribution in [0.1, 0.15) is 55.5 Å². The van der Waals surface area contributed by atoms with E-state index >= 15 is 0 Å². The number of halogens is 2. The Bertz CT molecular complexity index is 1670. The van der Waals surface area contributed by atoms with Gasteiger partial charge in [-0.2, -0.15) is 0 Å². The molecule has 3 heterocycles. The largest absolute Gasteiger partial charge is 0.494 e. The van der Waals surface area contributed by atoms with Gasteiger partial charge in [-0.3, -0.25) is 9.78 Å². The fourth-order valence-electron chi connectivity index (χ4n) is 5.31. The maximum absolute atomic E-state index is 12.7. The summed E-state index contributed by atoms with van der Waals surface area (Å²) in [6.45, 7) is 9.74. The normalized spacial score (nSPS) is 16.9. The third kappa shape index (κ3) is 5.59. The number of benzene rings is 2. The van der Waals surface area contributed by atoms with E-state index in [2.05, 4.69) is 45.0 Å². The summed E-state index contributed by atoms with van der Waals surface area (Å²) in [5.74, 6) is 0.430. The fraction of sp³-hybridized carbons (Fsp3) is 0.281. The number of methoxy groups -OCH3 is 1. The standard InChI is InChI=1S/C32H33Cl2N5O2S/c1-18-15-22(19(2)38(18)26-13-10-20(33)16-23(26)34)29-28(25-9-7-8-14-35-25)37-31(42)39(29)21-11-12-24(27(17-21)41-6)36-30(40)32(3,4)5/h7-17,28-29H,1-6H3,(H,36,40)(H,37,42)/t28-,29-/m0/s1. The fourth-order valence-corrected chi connectivity index (χ4v) is 6.15. The first-order chi connectivity index (χ1) is 19.9. The quantitative estimate of drug-likeness (QED) is 0.213. The lowest BCUT2D eigenvalue weighted by Gasteiger charge is -2.29. The number of pyridine rings is 1. The first-order valence-corrected chi connectivity index (χ1v) is 14.7. The molecule has 0 saturated carbocycles. The number of hydrogen-bond acceptors (Lipinski definition) is 4. The van der Waals surface area contributed by atoms with Crippen molar-refractivity contribution in [3.05, 3.63) is 99.6 Å². The van der Waals surface area contributed by atoms with Crippen molar-refractivity contribution in [2.75, 3.05) is 17.3 Å². The van der Waals surface area contributed by atoms with Gasteiger partial charge in [-0.25, -0.2) is 0 Å². The van der Waals surface area contributed by atoms with E-state index in [0.717, 1.165) is 34.0 Å². The van der Waals surface area contributed by atoms with Crippen LogP contribution >= 0.6 is 35.4 Å². The highest BCUT2D eigenvalue weighted by molar-refractivity contribution is 7.80. The second-order valence-corrected chi connectivity index (χ2v) is 12.6. The van der Waals surface area contributed by atoms with Crippen molar-refractivity contribution in [2.45, 2.75) is 46.7 Å². The molecular formula is C32H33Cl2N5O2S. The van der Waals surface area contributed by atoms with Crippen LogP contribution in [0.25, 0.3) is 5.69 Å². The van der Waals surface area contributed by atoms with E-state index in [1.807, 2.05) is 69.3 Å². The molecule has 0 radical (unpaired) electrons. The monoisotopic (exact) mass is 621 g/mol. The highest BCUT2D eigenvalue weighted by Gasteiger charge is 2.42. The van der Waals surface area contributed by atoms with Gasteiger partial charge in [-0.05, 0) is 80.2 Å². The molecule has 1 aliphatic heterocycles. The third-order valence-electron chi connectivity index (χ3n) is 7.43. The topological polar surface area (TPSA) is 71.4 Å². The molecule has 2 atom stereocenters. The first kappa shape index (κ1) is 29.9. The summed E-state index contributed by atoms with van der Waals surface area (Å²) in [6, 6.07) is 18.7. The minimum Gasteiger partial charge on any atom is -0.494 e. The minimum absolute atomic E-state index is 0.103. The molecule has 0 aliphatic carbocycles. The van der Waals surface area contributed by atoms with E-state index in [0.29, 0.717) is 26.6 Å². The number of amides is 1. The molecule has 2 aromatic heterocycles. The number of carbonyl (C=O) groups is 1. The van der Waals surface area contributed by atoms with Crippen LogP contribution in [0.4, 0.5) is 11.4 Å². The maximum atomic E-state index is 12.7. The predicted molar refractivity (Wildman–Crippen MR) is 174 cm³/mol. The third-order valence-corrected chi connectivity index (χ3v) is 8.28. The zero-order chi connectivity index (χ0) is 30.3. The lowest BCUT2D eigenvalue weighted by Crippen LogP contribution is -2.30. The minimum atomic E-state index is -0.555. The number of ether oxygens (including phenoxy) is 1. The molecule has 2 N–H and O–H groups in total. The van der Waals surface area contributed by atoms with Crippen molar-refractivity contribution in [3.8, 4) is 11.4 Å². The Labute approximate surface area is 261 Å². The van der Waals surface area contributed by atoms with Gasteiger partial charge in [0, 0.05) is 39.8 Å². The summed E-state index contributed by atoms with van der Waals surface area (Å²) in [5, 5.41) is 8.20. The molecule has 42 heavy (non-hydrogen) atoms. The van der Waals surface area contributed by atoms with Gasteiger partial charge in [-0.15, -0.1) is 0 Å². The maximum Gasteiger partial charge on any atom is 0.229 e. The SMILES string of the molecule is COc1cc(N2C(=S)N[C@@H](c3ccccn3)[C@@H]2c2cc(C)n(-c3ccc(Cl)cc3Cl)c2C)ccc1NC(=O)C(C)(C)C. The van der Waals surface area contributed by atoms with E-state index in [4.69, 9.17) is 40.2 Å². The summed E-state index contributed by atoms with van der Waals surface area (Å²) in [4.78, 5) is 19.5. The Morgan fingerprint density at radius 1 is 1.07 bits per heavy atom. The molecular weight excluding hydrogens is 589 g/mol. The molecule has 218 valence electrons. The second-order valence-electron chi connectivity index (χ2n) is 11.3. The molecule has 0 bridgehead atoms. The van der Waals surface area contributed by atoms with Crippen molar-refractivity contribution < 1.29 is 9.53 Å². The van der Waals surface area contributed by atoms with Crippen LogP contribution in [0, 0.1) is 19.3 Å². The average Bonchev–Trinajstić information content (AvgIpc) is 3.44. The van der Waals surface area contributed by atoms with Gasteiger partial charge in [0.1, 0.15) is 5.75 Å². The van der Waals surface area contributed by atoms with Gasteiger partial charge in [0.05, 0.1) is 41.3 Å². The smallest absolute Gasteiger partial charge is 0.229 e. The number of rotatable bonds is 6. The Kier molecular flexibility index (Phi) is 8.25. The first-order valence-electron chi connectivity index (χ1n) is 13.5. The summed E-state index contributed by atoms with van der Waals surface area (Å²) in [6.07, 6.45) is 1.78. The zero-order valence-electron chi connectivity index (χ0n) is 24.3. The molecule has 1 aliphatic rings. The summed E-state index contributed by atoms with van der Waals surface area (Å²) < 4.78 is 7.86. The van der Waals surface area contributed by atoms with Crippen LogP contribution in [0.3, 0.4) is 0 Å². The van der Waals surface area contributed by atoms with Crippen molar-refractivity contribution in [1.82, 2.24) is 14.9 Å². The van der Waals surface area contributed by atoms with Gasteiger partial charge in [-0.1, -0.05) is 50.0 Å². The highest BCUT2D eigenvalue weighted by Crippen LogP contribution is 2.45. The summed E-state index contributed by atoms with van der Waals surface area (Å²) >= 11 is 18.8. The van der Waals surface area contributed by atoms with Crippen LogP contribution in [-0.4, -0.2) is 27.7 Å². The lowest BCUT2D eigenvalue weighted by atomic mass is 9.95. The number of aryl methyl sites for hydroxylation is 1. The van der Waals surface area contributed by atoms with Crippen molar-refractivity contribution in [2.24, 2.45) is 5.41 Å². The molecule has 1 fully saturated rings. The molecule has 2 aromatic carbocycles. The second kappa shape index (κ2) is 11.6. The zero-order valence-corrected chi connectivity index (χ0v) is 26.7. The Morgan fingerprint density at radius 2 is 1.83 bits per heavy atom. The van der Waals surface area contributed by atoms with Gasteiger partial charge in [0.2, 0.25) is 5.91 Å². The highest BCUT2D eigenvalue weighted by atomic mass is 35.5. The number of carbonyl (C=O) groups excluding carboxylic acids is 1. The Balaban J connectivity index is 1.64. The van der Waals surface area contributed by atoms with Crippen LogP contribution in [0.15, 0.2) is 66.9 Å². The molecule has 4 aromatic rings. The summed E-state index contributed by atoms with van der Waals surface area (Å²) in [7, 11) is 1.59. The number of nitrogens with one attached hydrogen (secondary N) is 2. The Hall–Kier alpha value is -3.59. The number of aromatic nitrogens is 2. The van der Waals surface area contributed by atoms with Gasteiger partial charge in [0.15, 0.2) is 5.11 Å².